The van der Waals surface area contributed by atoms with Gasteiger partial charge in [0.25, 0.3) is 0 Å². The standard InChI is InChI=1S/C23H23NO4/c1-14(2)12-27-22(26)19-18-10-11-23(28-18)13-24(21(25)20(19)23)17-9-5-7-15-6-3-4-8-16(15)17/h3-11,14,18-20H,12-13H2,1-2H3/t18-,19?,20+,23-/m1/s1. The first-order valence-corrected chi connectivity index (χ1v) is 9.83. The van der Waals surface area contributed by atoms with Crippen molar-refractivity contribution in [3.05, 3.63) is 54.6 Å². The molecule has 3 aliphatic heterocycles. The molecule has 3 heterocycles. The summed E-state index contributed by atoms with van der Waals surface area (Å²) in [6.07, 6.45) is 3.51. The molecule has 0 N–H and O–H groups in total. The maximum absolute atomic E-state index is 13.5. The van der Waals surface area contributed by atoms with Crippen LogP contribution in [0.5, 0.6) is 0 Å². The lowest BCUT2D eigenvalue weighted by atomic mass is 9.77. The van der Waals surface area contributed by atoms with Crippen LogP contribution in [0.2, 0.25) is 0 Å². The average molecular weight is 377 g/mol. The second kappa shape index (κ2) is 6.17. The largest absolute Gasteiger partial charge is 0.465 e. The van der Waals surface area contributed by atoms with Crippen molar-refractivity contribution in [2.24, 2.45) is 17.8 Å². The zero-order chi connectivity index (χ0) is 19.5. The summed E-state index contributed by atoms with van der Waals surface area (Å²) in [5.74, 6) is -1.24. The predicted molar refractivity (Wildman–Crippen MR) is 106 cm³/mol. The van der Waals surface area contributed by atoms with Crippen LogP contribution in [-0.4, -0.2) is 36.7 Å². The van der Waals surface area contributed by atoms with Crippen molar-refractivity contribution in [2.75, 3.05) is 18.1 Å². The molecule has 5 rings (SSSR count). The zero-order valence-electron chi connectivity index (χ0n) is 16.0. The third-order valence-electron chi connectivity index (χ3n) is 5.99. The molecule has 0 saturated carbocycles. The van der Waals surface area contributed by atoms with E-state index in [1.54, 1.807) is 4.90 Å². The topological polar surface area (TPSA) is 55.8 Å². The molecule has 2 saturated heterocycles. The maximum Gasteiger partial charge on any atom is 0.312 e. The fourth-order valence-electron chi connectivity index (χ4n) is 4.76. The maximum atomic E-state index is 13.5. The molecule has 5 heteroatoms. The molecule has 0 radical (unpaired) electrons. The number of carbonyl (C=O) groups excluding carboxylic acids is 2. The summed E-state index contributed by atoms with van der Waals surface area (Å²) < 4.78 is 11.7. The van der Waals surface area contributed by atoms with E-state index in [9.17, 15) is 9.59 Å². The Bertz CT molecular complexity index is 992. The van der Waals surface area contributed by atoms with Crippen LogP contribution in [-0.2, 0) is 19.1 Å². The molecular weight excluding hydrogens is 354 g/mol. The van der Waals surface area contributed by atoms with Gasteiger partial charge in [-0.1, -0.05) is 62.4 Å². The van der Waals surface area contributed by atoms with Crippen LogP contribution in [0.4, 0.5) is 5.69 Å². The van der Waals surface area contributed by atoms with Gasteiger partial charge in [-0.25, -0.2) is 0 Å². The van der Waals surface area contributed by atoms with Crippen LogP contribution in [0.1, 0.15) is 13.8 Å². The van der Waals surface area contributed by atoms with Crippen molar-refractivity contribution in [3.8, 4) is 0 Å². The Morgan fingerprint density at radius 3 is 2.86 bits per heavy atom. The van der Waals surface area contributed by atoms with Crippen molar-refractivity contribution >= 4 is 28.3 Å². The molecule has 3 aliphatic rings. The predicted octanol–water partition coefficient (Wildman–Crippen LogP) is 3.33. The first kappa shape index (κ1) is 17.4. The Morgan fingerprint density at radius 2 is 2.04 bits per heavy atom. The van der Waals surface area contributed by atoms with E-state index in [4.69, 9.17) is 9.47 Å². The molecule has 2 bridgehead atoms. The zero-order valence-corrected chi connectivity index (χ0v) is 16.0. The van der Waals surface area contributed by atoms with E-state index in [1.807, 2.05) is 68.5 Å². The van der Waals surface area contributed by atoms with Gasteiger partial charge in [0.15, 0.2) is 0 Å². The van der Waals surface area contributed by atoms with Crippen molar-refractivity contribution < 1.29 is 19.1 Å². The molecule has 5 nitrogen and oxygen atoms in total. The average Bonchev–Trinajstić information content (AvgIpc) is 3.34. The van der Waals surface area contributed by atoms with Gasteiger partial charge in [-0.15, -0.1) is 0 Å². The minimum absolute atomic E-state index is 0.0605. The highest BCUT2D eigenvalue weighted by Crippen LogP contribution is 2.53. The molecule has 144 valence electrons. The Kier molecular flexibility index (Phi) is 3.85. The number of fused-ring (bicyclic) bond motifs is 2. The van der Waals surface area contributed by atoms with Crippen LogP contribution >= 0.6 is 0 Å². The number of nitrogens with zero attached hydrogens (tertiary/aromatic N) is 1. The number of ether oxygens (including phenoxy) is 2. The fourth-order valence-corrected chi connectivity index (χ4v) is 4.76. The quantitative estimate of drug-likeness (QED) is 0.606. The van der Waals surface area contributed by atoms with E-state index in [0.717, 1.165) is 16.5 Å². The highest BCUT2D eigenvalue weighted by molar-refractivity contribution is 6.08. The minimum Gasteiger partial charge on any atom is -0.465 e. The third-order valence-corrected chi connectivity index (χ3v) is 5.99. The highest BCUT2D eigenvalue weighted by atomic mass is 16.6. The van der Waals surface area contributed by atoms with Crippen LogP contribution in [0.3, 0.4) is 0 Å². The molecule has 1 spiro atoms. The van der Waals surface area contributed by atoms with Crippen LogP contribution in [0, 0.1) is 17.8 Å². The summed E-state index contributed by atoms with van der Waals surface area (Å²) in [4.78, 5) is 28.0. The Hall–Kier alpha value is -2.66. The number of rotatable bonds is 4. The second-order valence-electron chi connectivity index (χ2n) is 8.35. The first-order chi connectivity index (χ1) is 13.5. The number of benzene rings is 2. The van der Waals surface area contributed by atoms with Gasteiger partial charge in [-0.05, 0) is 17.4 Å². The van der Waals surface area contributed by atoms with Crippen LogP contribution < -0.4 is 4.90 Å². The molecular formula is C23H23NO4. The summed E-state index contributed by atoms with van der Waals surface area (Å²) in [7, 11) is 0. The van der Waals surface area contributed by atoms with Gasteiger partial charge < -0.3 is 14.4 Å². The SMILES string of the molecule is CC(C)COC(=O)C1[C@H]2C(=O)N(c3cccc4ccccc34)C[C@]23C=C[C@H]1O3. The lowest BCUT2D eigenvalue weighted by molar-refractivity contribution is -0.153. The third kappa shape index (κ3) is 2.42. The molecule has 2 aromatic carbocycles. The summed E-state index contributed by atoms with van der Waals surface area (Å²) in [5, 5.41) is 2.10. The van der Waals surface area contributed by atoms with Crippen molar-refractivity contribution in [3.63, 3.8) is 0 Å². The number of anilines is 1. The smallest absolute Gasteiger partial charge is 0.312 e. The molecule has 1 amide bonds. The number of hydrogen-bond donors (Lipinski definition) is 0. The summed E-state index contributed by atoms with van der Waals surface area (Å²) in [5.41, 5.74) is 0.127. The Labute approximate surface area is 163 Å². The minimum atomic E-state index is -0.736. The van der Waals surface area contributed by atoms with Gasteiger partial charge >= 0.3 is 5.97 Å². The second-order valence-corrected chi connectivity index (χ2v) is 8.35. The lowest BCUT2D eigenvalue weighted by Gasteiger charge is -2.23. The molecule has 0 aromatic heterocycles. The monoisotopic (exact) mass is 377 g/mol. The van der Waals surface area contributed by atoms with E-state index in [2.05, 4.69) is 0 Å². The van der Waals surface area contributed by atoms with Gasteiger partial charge in [0.05, 0.1) is 30.9 Å². The van der Waals surface area contributed by atoms with Gasteiger partial charge in [0, 0.05) is 5.39 Å². The molecule has 2 aromatic rings. The van der Waals surface area contributed by atoms with Crippen molar-refractivity contribution in [1.82, 2.24) is 0 Å². The fraction of sp³-hybridized carbons (Fsp3) is 0.391. The number of amides is 1. The summed E-state index contributed by atoms with van der Waals surface area (Å²) >= 11 is 0. The lowest BCUT2D eigenvalue weighted by Crippen LogP contribution is -2.40. The normalized spacial score (nSPS) is 30.5. The number of carbonyl (C=O) groups is 2. The summed E-state index contributed by atoms with van der Waals surface area (Å²) in [6.45, 7) is 4.77. The van der Waals surface area contributed by atoms with Gasteiger partial charge in [-0.2, -0.15) is 0 Å². The molecule has 0 aliphatic carbocycles. The van der Waals surface area contributed by atoms with E-state index in [0.29, 0.717) is 13.2 Å². The van der Waals surface area contributed by atoms with E-state index < -0.39 is 17.4 Å². The van der Waals surface area contributed by atoms with E-state index in [-0.39, 0.29) is 23.9 Å². The molecule has 1 unspecified atom stereocenters. The van der Waals surface area contributed by atoms with Crippen molar-refractivity contribution in [2.45, 2.75) is 25.6 Å². The number of esters is 1. The van der Waals surface area contributed by atoms with Crippen molar-refractivity contribution in [1.29, 1.82) is 0 Å². The van der Waals surface area contributed by atoms with Gasteiger partial charge in [0.2, 0.25) is 5.91 Å². The molecule has 4 atom stereocenters. The molecule has 2 fully saturated rings. The first-order valence-electron chi connectivity index (χ1n) is 9.83. The van der Waals surface area contributed by atoms with Gasteiger partial charge in [-0.3, -0.25) is 9.59 Å². The van der Waals surface area contributed by atoms with Crippen LogP contribution in [0.25, 0.3) is 10.8 Å². The van der Waals surface area contributed by atoms with E-state index >= 15 is 0 Å². The van der Waals surface area contributed by atoms with E-state index in [1.165, 1.54) is 0 Å². The molecule has 28 heavy (non-hydrogen) atoms. The highest BCUT2D eigenvalue weighted by Gasteiger charge is 2.67. The summed E-state index contributed by atoms with van der Waals surface area (Å²) in [6, 6.07) is 14.0. The Morgan fingerprint density at radius 1 is 1.25 bits per heavy atom. The Balaban J connectivity index is 1.50. The van der Waals surface area contributed by atoms with Crippen LogP contribution in [0.15, 0.2) is 54.6 Å². The van der Waals surface area contributed by atoms with Gasteiger partial charge in [0.1, 0.15) is 11.5 Å². The number of hydrogen-bond acceptors (Lipinski definition) is 4.